The van der Waals surface area contributed by atoms with Gasteiger partial charge >= 0.3 is 12.1 Å². The minimum atomic E-state index is -0.416. The highest BCUT2D eigenvalue weighted by Gasteiger charge is 2.24. The summed E-state index contributed by atoms with van der Waals surface area (Å²) in [5, 5.41) is 3.01. The molecule has 0 radical (unpaired) electrons. The molecule has 1 aliphatic rings. The summed E-state index contributed by atoms with van der Waals surface area (Å²) in [7, 11) is 1.65. The number of nitrogens with zero attached hydrogens (tertiary/aromatic N) is 3. The van der Waals surface area contributed by atoms with Gasteiger partial charge in [-0.3, -0.25) is 9.80 Å². The molecule has 1 heterocycles. The zero-order chi connectivity index (χ0) is 23.6. The van der Waals surface area contributed by atoms with E-state index < -0.39 is 6.09 Å². The van der Waals surface area contributed by atoms with E-state index in [4.69, 9.17) is 9.47 Å². The summed E-state index contributed by atoms with van der Waals surface area (Å²) in [5.41, 5.74) is 2.43. The van der Waals surface area contributed by atoms with Crippen molar-refractivity contribution < 1.29 is 19.1 Å². The second-order valence-corrected chi connectivity index (χ2v) is 8.11. The van der Waals surface area contributed by atoms with Crippen LogP contribution < -0.4 is 10.2 Å². The normalized spacial score (nSPS) is 14.9. The molecule has 1 atom stereocenters. The molecule has 0 aromatic heterocycles. The summed E-state index contributed by atoms with van der Waals surface area (Å²) in [6.07, 6.45) is -0.416. The first-order chi connectivity index (χ1) is 16.0. The number of hydrogen-bond acceptors (Lipinski definition) is 5. The van der Waals surface area contributed by atoms with Crippen LogP contribution >= 0.6 is 0 Å². The van der Waals surface area contributed by atoms with Crippen molar-refractivity contribution in [1.29, 1.82) is 0 Å². The molecule has 1 N–H and O–H groups in total. The lowest BCUT2D eigenvalue weighted by Gasteiger charge is -2.35. The van der Waals surface area contributed by atoms with E-state index in [2.05, 4.69) is 17.1 Å². The lowest BCUT2D eigenvalue weighted by atomic mass is 10.1. The van der Waals surface area contributed by atoms with E-state index in [1.807, 2.05) is 35.2 Å². The first kappa shape index (κ1) is 24.5. The van der Waals surface area contributed by atoms with Crippen LogP contribution in [0.4, 0.5) is 21.0 Å². The summed E-state index contributed by atoms with van der Waals surface area (Å²) >= 11 is 0. The SMILES string of the molecule is CCOC(=O)N(C)c1ccc(NC(=O)N(Cc2ccccc2)[C@H](C)CN2CCOCC2)cc1. The summed E-state index contributed by atoms with van der Waals surface area (Å²) in [6, 6.07) is 17.0. The number of benzene rings is 2. The largest absolute Gasteiger partial charge is 0.449 e. The molecule has 3 amide bonds. The van der Waals surface area contributed by atoms with Crippen molar-refractivity contribution in [2.75, 3.05) is 56.7 Å². The fourth-order valence-electron chi connectivity index (χ4n) is 3.75. The predicted octanol–water partition coefficient (Wildman–Crippen LogP) is 4.03. The van der Waals surface area contributed by atoms with Crippen molar-refractivity contribution >= 4 is 23.5 Å². The van der Waals surface area contributed by atoms with Gasteiger partial charge in [-0.15, -0.1) is 0 Å². The molecule has 33 heavy (non-hydrogen) atoms. The number of ether oxygens (including phenoxy) is 2. The third-order valence-electron chi connectivity index (χ3n) is 5.66. The maximum absolute atomic E-state index is 13.3. The van der Waals surface area contributed by atoms with Crippen LogP contribution in [0.5, 0.6) is 0 Å². The molecule has 2 aromatic carbocycles. The molecule has 8 heteroatoms. The van der Waals surface area contributed by atoms with Crippen LogP contribution in [0.25, 0.3) is 0 Å². The van der Waals surface area contributed by atoms with Crippen LogP contribution in [-0.4, -0.2) is 74.5 Å². The number of anilines is 2. The summed E-state index contributed by atoms with van der Waals surface area (Å²) in [5.74, 6) is 0. The fourth-order valence-corrected chi connectivity index (χ4v) is 3.75. The molecule has 1 saturated heterocycles. The number of urea groups is 1. The second kappa shape index (κ2) is 12.2. The van der Waals surface area contributed by atoms with Crippen LogP contribution in [0, 0.1) is 0 Å². The van der Waals surface area contributed by atoms with Crippen molar-refractivity contribution in [2.45, 2.75) is 26.4 Å². The minimum Gasteiger partial charge on any atom is -0.449 e. The first-order valence-corrected chi connectivity index (χ1v) is 11.4. The first-order valence-electron chi connectivity index (χ1n) is 11.4. The van der Waals surface area contributed by atoms with Gasteiger partial charge in [0.2, 0.25) is 0 Å². The molecule has 3 rings (SSSR count). The van der Waals surface area contributed by atoms with E-state index in [1.54, 1.807) is 38.2 Å². The van der Waals surface area contributed by atoms with E-state index >= 15 is 0 Å². The Balaban J connectivity index is 1.68. The number of amides is 3. The number of carbonyl (C=O) groups is 2. The van der Waals surface area contributed by atoms with Crippen molar-refractivity contribution in [3.05, 3.63) is 60.2 Å². The van der Waals surface area contributed by atoms with Crippen molar-refractivity contribution in [3.63, 3.8) is 0 Å². The van der Waals surface area contributed by atoms with E-state index in [0.29, 0.717) is 24.5 Å². The van der Waals surface area contributed by atoms with Gasteiger partial charge < -0.3 is 19.7 Å². The molecule has 178 valence electrons. The minimum absolute atomic E-state index is 0.0116. The van der Waals surface area contributed by atoms with Gasteiger partial charge in [0, 0.05) is 50.6 Å². The Morgan fingerprint density at radius 3 is 2.39 bits per heavy atom. The Hall–Kier alpha value is -3.10. The number of hydrogen-bond donors (Lipinski definition) is 1. The van der Waals surface area contributed by atoms with Crippen molar-refractivity contribution in [1.82, 2.24) is 9.80 Å². The van der Waals surface area contributed by atoms with E-state index in [1.165, 1.54) is 4.90 Å². The van der Waals surface area contributed by atoms with Crippen LogP contribution in [0.15, 0.2) is 54.6 Å². The molecule has 0 bridgehead atoms. The predicted molar refractivity (Wildman–Crippen MR) is 130 cm³/mol. The van der Waals surface area contributed by atoms with Gasteiger partial charge in [0.25, 0.3) is 0 Å². The Labute approximate surface area is 196 Å². The quantitative estimate of drug-likeness (QED) is 0.652. The third kappa shape index (κ3) is 7.20. The Kier molecular flexibility index (Phi) is 9.09. The zero-order valence-corrected chi connectivity index (χ0v) is 19.7. The van der Waals surface area contributed by atoms with Gasteiger partial charge in [0.05, 0.1) is 19.8 Å². The highest BCUT2D eigenvalue weighted by molar-refractivity contribution is 5.91. The van der Waals surface area contributed by atoms with Gasteiger partial charge in [0.15, 0.2) is 0 Å². The molecule has 0 spiro atoms. The van der Waals surface area contributed by atoms with Gasteiger partial charge in [-0.2, -0.15) is 0 Å². The topological polar surface area (TPSA) is 74.4 Å². The number of carbonyl (C=O) groups excluding carboxylic acids is 2. The Bertz CT molecular complexity index is 885. The molecule has 8 nitrogen and oxygen atoms in total. The molecule has 2 aromatic rings. The number of rotatable bonds is 8. The van der Waals surface area contributed by atoms with E-state index in [-0.39, 0.29) is 12.1 Å². The molecule has 0 saturated carbocycles. The van der Waals surface area contributed by atoms with Crippen LogP contribution in [0.2, 0.25) is 0 Å². The lowest BCUT2D eigenvalue weighted by molar-refractivity contribution is 0.0277. The molecular weight excluding hydrogens is 420 g/mol. The Morgan fingerprint density at radius 2 is 1.76 bits per heavy atom. The monoisotopic (exact) mass is 454 g/mol. The average molecular weight is 455 g/mol. The van der Waals surface area contributed by atoms with Gasteiger partial charge in [-0.1, -0.05) is 30.3 Å². The third-order valence-corrected chi connectivity index (χ3v) is 5.66. The highest BCUT2D eigenvalue weighted by Crippen LogP contribution is 2.19. The number of morpholine rings is 1. The average Bonchev–Trinajstić information content (AvgIpc) is 2.84. The maximum Gasteiger partial charge on any atom is 0.413 e. The van der Waals surface area contributed by atoms with Crippen LogP contribution in [-0.2, 0) is 16.0 Å². The van der Waals surface area contributed by atoms with Gasteiger partial charge in [-0.25, -0.2) is 9.59 Å². The van der Waals surface area contributed by atoms with Gasteiger partial charge in [-0.05, 0) is 43.7 Å². The standard InChI is InChI=1S/C25H34N4O4/c1-4-33-25(31)27(3)23-12-10-22(11-13-23)26-24(30)29(19-21-8-6-5-7-9-21)20(2)18-28-14-16-32-17-15-28/h5-13,20H,4,14-19H2,1-3H3,(H,26,30)/t20-/m1/s1. The zero-order valence-electron chi connectivity index (χ0n) is 19.7. The second-order valence-electron chi connectivity index (χ2n) is 8.11. The molecule has 1 aliphatic heterocycles. The van der Waals surface area contributed by atoms with E-state index in [9.17, 15) is 9.59 Å². The number of nitrogens with one attached hydrogen (secondary N) is 1. The summed E-state index contributed by atoms with van der Waals surface area (Å²) in [6.45, 7) is 8.67. The Morgan fingerprint density at radius 1 is 1.09 bits per heavy atom. The highest BCUT2D eigenvalue weighted by atomic mass is 16.6. The molecular formula is C25H34N4O4. The van der Waals surface area contributed by atoms with Gasteiger partial charge in [0.1, 0.15) is 0 Å². The lowest BCUT2D eigenvalue weighted by Crippen LogP contribution is -2.49. The van der Waals surface area contributed by atoms with E-state index in [0.717, 1.165) is 38.4 Å². The van der Waals surface area contributed by atoms with Crippen LogP contribution in [0.3, 0.4) is 0 Å². The van der Waals surface area contributed by atoms with Crippen molar-refractivity contribution in [3.8, 4) is 0 Å². The molecule has 0 unspecified atom stereocenters. The maximum atomic E-state index is 13.3. The molecule has 1 fully saturated rings. The van der Waals surface area contributed by atoms with Crippen LogP contribution in [0.1, 0.15) is 19.4 Å². The summed E-state index contributed by atoms with van der Waals surface area (Å²) in [4.78, 5) is 30.9. The fraction of sp³-hybridized carbons (Fsp3) is 0.440. The smallest absolute Gasteiger partial charge is 0.413 e. The van der Waals surface area contributed by atoms with Crippen molar-refractivity contribution in [2.24, 2.45) is 0 Å². The molecule has 0 aliphatic carbocycles. The summed E-state index contributed by atoms with van der Waals surface area (Å²) < 4.78 is 10.5.